The average Bonchev–Trinajstić information content (AvgIpc) is 2.26. The van der Waals surface area contributed by atoms with Crippen LogP contribution in [0.5, 0.6) is 0 Å². The van der Waals surface area contributed by atoms with E-state index in [2.05, 4.69) is 33.6 Å². The van der Waals surface area contributed by atoms with Crippen molar-refractivity contribution in [2.45, 2.75) is 39.7 Å². The molecular weight excluding hydrogens is 170 g/mol. The molecule has 1 heterocycles. The number of piperidine rings is 1. The molecule has 12 heavy (non-hydrogen) atoms. The molecule has 2 unspecified atom stereocenters. The summed E-state index contributed by atoms with van der Waals surface area (Å²) < 4.78 is 1.64. The van der Waals surface area contributed by atoms with Crippen molar-refractivity contribution in [1.29, 1.82) is 0 Å². The highest BCUT2D eigenvalue weighted by Crippen LogP contribution is 2.60. The first kappa shape index (κ1) is 8.42. The minimum Gasteiger partial charge on any atom is -0.285 e. The average molecular weight is 185 g/mol. The highest BCUT2D eigenvalue weighted by atomic mass is 32.1. The highest BCUT2D eigenvalue weighted by molar-refractivity contribution is 7.78. The molecule has 2 fully saturated rings. The minimum atomic E-state index is -0.153. The monoisotopic (exact) mass is 185 g/mol. The summed E-state index contributed by atoms with van der Waals surface area (Å²) in [5.41, 5.74) is -0.0503. The SMILES string of the molecule is CC12CCC(N(S)C1=O)C2(C)C. The van der Waals surface area contributed by atoms with Crippen LogP contribution in [-0.4, -0.2) is 16.3 Å². The van der Waals surface area contributed by atoms with Crippen LogP contribution in [0.1, 0.15) is 33.6 Å². The van der Waals surface area contributed by atoms with Crippen molar-refractivity contribution >= 4 is 18.7 Å². The number of nitrogens with zero attached hydrogens (tertiary/aromatic N) is 1. The van der Waals surface area contributed by atoms with E-state index in [1.54, 1.807) is 4.31 Å². The number of hydrogen-bond donors (Lipinski definition) is 1. The molecule has 2 bridgehead atoms. The van der Waals surface area contributed by atoms with Crippen LogP contribution in [0.25, 0.3) is 0 Å². The Hall–Kier alpha value is -0.180. The summed E-state index contributed by atoms with van der Waals surface area (Å²) in [5, 5.41) is 0. The predicted molar refractivity (Wildman–Crippen MR) is 50.7 cm³/mol. The fraction of sp³-hybridized carbons (Fsp3) is 0.889. The normalized spacial score (nSPS) is 44.2. The standard InChI is InChI=1S/C9H15NOS/c1-8(2)6-4-5-9(8,3)7(11)10(6)12/h6,12H,4-5H2,1-3H3. The molecule has 1 amide bonds. The molecule has 1 aliphatic carbocycles. The topological polar surface area (TPSA) is 20.3 Å². The third-order valence-electron chi connectivity index (χ3n) is 4.15. The van der Waals surface area contributed by atoms with E-state index in [0.717, 1.165) is 12.8 Å². The van der Waals surface area contributed by atoms with Crippen LogP contribution < -0.4 is 0 Å². The van der Waals surface area contributed by atoms with Crippen LogP contribution >= 0.6 is 12.8 Å². The van der Waals surface area contributed by atoms with Gasteiger partial charge < -0.3 is 0 Å². The zero-order valence-electron chi connectivity index (χ0n) is 7.79. The lowest BCUT2D eigenvalue weighted by Gasteiger charge is -2.29. The molecule has 68 valence electrons. The summed E-state index contributed by atoms with van der Waals surface area (Å²) in [7, 11) is 0. The fourth-order valence-electron chi connectivity index (χ4n) is 2.68. The van der Waals surface area contributed by atoms with Gasteiger partial charge in [-0.25, -0.2) is 0 Å². The van der Waals surface area contributed by atoms with Crippen LogP contribution in [0.4, 0.5) is 0 Å². The zero-order valence-corrected chi connectivity index (χ0v) is 8.69. The summed E-state index contributed by atoms with van der Waals surface area (Å²) in [6, 6.07) is 0.346. The summed E-state index contributed by atoms with van der Waals surface area (Å²) in [6.07, 6.45) is 2.14. The third-order valence-corrected chi connectivity index (χ3v) is 4.61. The molecular formula is C9H15NOS. The van der Waals surface area contributed by atoms with Gasteiger partial charge in [-0.15, -0.1) is 0 Å². The van der Waals surface area contributed by atoms with E-state index in [9.17, 15) is 4.79 Å². The van der Waals surface area contributed by atoms with E-state index in [0.29, 0.717) is 6.04 Å². The maximum absolute atomic E-state index is 11.8. The van der Waals surface area contributed by atoms with E-state index in [1.165, 1.54) is 0 Å². The number of carbonyl (C=O) groups excluding carboxylic acids is 1. The van der Waals surface area contributed by atoms with E-state index < -0.39 is 0 Å². The highest BCUT2D eigenvalue weighted by Gasteiger charge is 2.65. The first-order chi connectivity index (χ1) is 5.41. The Morgan fingerprint density at radius 1 is 1.50 bits per heavy atom. The van der Waals surface area contributed by atoms with Gasteiger partial charge in [0.2, 0.25) is 5.91 Å². The second-order valence-corrected chi connectivity index (χ2v) is 5.19. The van der Waals surface area contributed by atoms with Crippen LogP contribution in [0.2, 0.25) is 0 Å². The van der Waals surface area contributed by atoms with Gasteiger partial charge in [0.1, 0.15) is 0 Å². The summed E-state index contributed by atoms with van der Waals surface area (Å²) >= 11 is 4.24. The van der Waals surface area contributed by atoms with Crippen LogP contribution in [0.3, 0.4) is 0 Å². The summed E-state index contributed by atoms with van der Waals surface area (Å²) in [6.45, 7) is 6.43. The molecule has 3 heteroatoms. The first-order valence-corrected chi connectivity index (χ1v) is 4.84. The maximum atomic E-state index is 11.8. The number of hydrogen-bond acceptors (Lipinski definition) is 2. The second kappa shape index (κ2) is 2.00. The first-order valence-electron chi connectivity index (χ1n) is 4.44. The number of fused-ring (bicyclic) bond motifs is 2. The lowest BCUT2D eigenvalue weighted by atomic mass is 9.70. The van der Waals surface area contributed by atoms with Gasteiger partial charge in [-0.3, -0.25) is 9.10 Å². The van der Waals surface area contributed by atoms with Gasteiger partial charge in [0.05, 0.1) is 5.41 Å². The second-order valence-electron chi connectivity index (χ2n) is 4.76. The molecule has 1 saturated carbocycles. The molecule has 2 rings (SSSR count). The van der Waals surface area contributed by atoms with Gasteiger partial charge in [0.15, 0.2) is 0 Å². The van der Waals surface area contributed by atoms with Crippen molar-refractivity contribution in [1.82, 2.24) is 4.31 Å². The molecule has 2 nitrogen and oxygen atoms in total. The molecule has 0 aromatic rings. The van der Waals surface area contributed by atoms with E-state index in [1.807, 2.05) is 0 Å². The molecule has 0 N–H and O–H groups in total. The largest absolute Gasteiger partial charge is 0.285 e. The Morgan fingerprint density at radius 3 is 2.33 bits per heavy atom. The number of carbonyl (C=O) groups is 1. The quantitative estimate of drug-likeness (QED) is 0.571. The van der Waals surface area contributed by atoms with Crippen molar-refractivity contribution in [3.05, 3.63) is 0 Å². The number of amides is 1. The maximum Gasteiger partial charge on any atom is 0.239 e. The molecule has 0 aromatic heterocycles. The Labute approximate surface area is 78.9 Å². The Balaban J connectivity index is 2.50. The van der Waals surface area contributed by atoms with Gasteiger partial charge in [-0.05, 0) is 12.8 Å². The van der Waals surface area contributed by atoms with Gasteiger partial charge >= 0.3 is 0 Å². The van der Waals surface area contributed by atoms with Gasteiger partial charge in [-0.1, -0.05) is 33.6 Å². The van der Waals surface area contributed by atoms with Crippen molar-refractivity contribution in [2.75, 3.05) is 0 Å². The fourth-order valence-corrected chi connectivity index (χ4v) is 3.31. The molecule has 2 atom stereocenters. The molecule has 0 radical (unpaired) electrons. The predicted octanol–water partition coefficient (Wildman–Crippen LogP) is 1.87. The summed E-state index contributed by atoms with van der Waals surface area (Å²) in [4.78, 5) is 11.8. The van der Waals surface area contributed by atoms with Crippen molar-refractivity contribution in [3.8, 4) is 0 Å². The van der Waals surface area contributed by atoms with Crippen LogP contribution in [0.15, 0.2) is 0 Å². The van der Waals surface area contributed by atoms with E-state index in [-0.39, 0.29) is 16.7 Å². The lowest BCUT2D eigenvalue weighted by molar-refractivity contribution is -0.134. The zero-order chi connectivity index (χ0) is 9.15. The lowest BCUT2D eigenvalue weighted by Crippen LogP contribution is -2.34. The Bertz CT molecular complexity index is 251. The van der Waals surface area contributed by atoms with Gasteiger partial charge in [0, 0.05) is 11.5 Å². The smallest absolute Gasteiger partial charge is 0.239 e. The van der Waals surface area contributed by atoms with Crippen molar-refractivity contribution < 1.29 is 4.79 Å². The molecule has 2 aliphatic rings. The van der Waals surface area contributed by atoms with Gasteiger partial charge in [0.25, 0.3) is 0 Å². The number of rotatable bonds is 0. The Kier molecular flexibility index (Phi) is 1.41. The van der Waals surface area contributed by atoms with Crippen molar-refractivity contribution in [2.24, 2.45) is 10.8 Å². The van der Waals surface area contributed by atoms with Crippen molar-refractivity contribution in [3.63, 3.8) is 0 Å². The minimum absolute atomic E-state index is 0.103. The van der Waals surface area contributed by atoms with Gasteiger partial charge in [-0.2, -0.15) is 0 Å². The summed E-state index contributed by atoms with van der Waals surface area (Å²) in [5.74, 6) is 0.215. The molecule has 0 spiro atoms. The third kappa shape index (κ3) is 0.630. The molecule has 1 aliphatic heterocycles. The Morgan fingerprint density at radius 2 is 2.08 bits per heavy atom. The van der Waals surface area contributed by atoms with E-state index in [4.69, 9.17) is 0 Å². The molecule has 1 saturated heterocycles. The number of thiol groups is 1. The van der Waals surface area contributed by atoms with Crippen LogP contribution in [0, 0.1) is 10.8 Å². The van der Waals surface area contributed by atoms with Crippen LogP contribution in [-0.2, 0) is 4.79 Å². The molecule has 0 aromatic carbocycles. The van der Waals surface area contributed by atoms with E-state index >= 15 is 0 Å².